The SMILES string of the molecule is CCOC(=O)c1cc(Cc2ccccc2)sc1NC(=S)NCc1ccncc1. The molecule has 5 nitrogen and oxygen atoms in total. The molecule has 0 aliphatic carbocycles. The molecule has 2 heterocycles. The highest BCUT2D eigenvalue weighted by Crippen LogP contribution is 2.30. The maximum absolute atomic E-state index is 12.4. The summed E-state index contributed by atoms with van der Waals surface area (Å²) in [7, 11) is 0. The van der Waals surface area contributed by atoms with Gasteiger partial charge in [0.2, 0.25) is 0 Å². The Bertz CT molecular complexity index is 927. The molecular formula is C21H21N3O2S2. The molecule has 7 heteroatoms. The third-order valence-electron chi connectivity index (χ3n) is 3.93. The van der Waals surface area contributed by atoms with Crippen LogP contribution < -0.4 is 10.6 Å². The van der Waals surface area contributed by atoms with Crippen molar-refractivity contribution in [3.63, 3.8) is 0 Å². The Kier molecular flexibility index (Phi) is 7.11. The number of hydrogen-bond acceptors (Lipinski definition) is 5. The van der Waals surface area contributed by atoms with Crippen molar-refractivity contribution in [3.8, 4) is 0 Å². The summed E-state index contributed by atoms with van der Waals surface area (Å²) in [4.78, 5) is 17.4. The fourth-order valence-corrected chi connectivity index (χ4v) is 3.93. The van der Waals surface area contributed by atoms with Crippen LogP contribution in [-0.2, 0) is 17.7 Å². The second kappa shape index (κ2) is 9.96. The molecule has 0 unspecified atom stereocenters. The van der Waals surface area contributed by atoms with E-state index < -0.39 is 0 Å². The van der Waals surface area contributed by atoms with Crippen molar-refractivity contribution >= 4 is 39.6 Å². The third kappa shape index (κ3) is 5.61. The number of benzene rings is 1. The molecule has 0 radical (unpaired) electrons. The van der Waals surface area contributed by atoms with Gasteiger partial charge in [-0.15, -0.1) is 11.3 Å². The number of esters is 1. The molecule has 0 saturated carbocycles. The predicted octanol–water partition coefficient (Wildman–Crippen LogP) is 4.40. The van der Waals surface area contributed by atoms with Gasteiger partial charge in [-0.3, -0.25) is 4.98 Å². The van der Waals surface area contributed by atoms with E-state index in [0.717, 1.165) is 16.9 Å². The number of nitrogens with one attached hydrogen (secondary N) is 2. The lowest BCUT2D eigenvalue weighted by Gasteiger charge is -2.10. The maximum atomic E-state index is 12.4. The molecule has 0 fully saturated rings. The van der Waals surface area contributed by atoms with Crippen LogP contribution >= 0.6 is 23.6 Å². The smallest absolute Gasteiger partial charge is 0.341 e. The van der Waals surface area contributed by atoms with Crippen molar-refractivity contribution in [3.05, 3.63) is 82.5 Å². The molecule has 0 atom stereocenters. The molecule has 2 aromatic heterocycles. The molecule has 0 saturated heterocycles. The molecule has 0 amide bonds. The predicted molar refractivity (Wildman–Crippen MR) is 117 cm³/mol. The lowest BCUT2D eigenvalue weighted by atomic mass is 10.1. The maximum Gasteiger partial charge on any atom is 0.341 e. The number of nitrogens with zero attached hydrogens (tertiary/aromatic N) is 1. The van der Waals surface area contributed by atoms with Gasteiger partial charge in [-0.25, -0.2) is 4.79 Å². The number of anilines is 1. The molecule has 3 aromatic rings. The van der Waals surface area contributed by atoms with E-state index in [9.17, 15) is 4.79 Å². The molecule has 144 valence electrons. The van der Waals surface area contributed by atoms with Crippen LogP contribution in [0.15, 0.2) is 60.9 Å². The Balaban J connectivity index is 1.72. The lowest BCUT2D eigenvalue weighted by Crippen LogP contribution is -2.28. The van der Waals surface area contributed by atoms with Gasteiger partial charge in [-0.2, -0.15) is 0 Å². The highest BCUT2D eigenvalue weighted by atomic mass is 32.1. The zero-order chi connectivity index (χ0) is 19.8. The highest BCUT2D eigenvalue weighted by Gasteiger charge is 2.18. The number of thiocarbonyl (C=S) groups is 1. The summed E-state index contributed by atoms with van der Waals surface area (Å²) in [6.45, 7) is 2.70. The fraction of sp³-hybridized carbons (Fsp3) is 0.190. The van der Waals surface area contributed by atoms with Crippen LogP contribution in [0.5, 0.6) is 0 Å². The van der Waals surface area contributed by atoms with Crippen molar-refractivity contribution in [2.45, 2.75) is 19.9 Å². The number of pyridine rings is 1. The second-order valence-corrected chi connectivity index (χ2v) is 7.55. The van der Waals surface area contributed by atoms with Gasteiger partial charge in [0, 0.05) is 30.2 Å². The minimum Gasteiger partial charge on any atom is -0.462 e. The molecule has 0 spiro atoms. The van der Waals surface area contributed by atoms with Crippen LogP contribution in [0.2, 0.25) is 0 Å². The second-order valence-electron chi connectivity index (χ2n) is 6.00. The Morgan fingerprint density at radius 3 is 2.61 bits per heavy atom. The first-order valence-corrected chi connectivity index (χ1v) is 10.2. The first-order chi connectivity index (χ1) is 13.7. The van der Waals surface area contributed by atoms with E-state index in [1.54, 1.807) is 19.3 Å². The summed E-state index contributed by atoms with van der Waals surface area (Å²) in [5.74, 6) is -0.350. The Labute approximate surface area is 173 Å². The van der Waals surface area contributed by atoms with Crippen LogP contribution in [0.1, 0.15) is 33.3 Å². The summed E-state index contributed by atoms with van der Waals surface area (Å²) in [5, 5.41) is 7.45. The number of aromatic nitrogens is 1. The van der Waals surface area contributed by atoms with Crippen LogP contribution in [0, 0.1) is 0 Å². The molecule has 28 heavy (non-hydrogen) atoms. The van der Waals surface area contributed by atoms with Gasteiger partial charge in [0.1, 0.15) is 5.00 Å². The summed E-state index contributed by atoms with van der Waals surface area (Å²) in [6.07, 6.45) is 4.22. The normalized spacial score (nSPS) is 10.3. The first kappa shape index (κ1) is 20.0. The summed E-state index contributed by atoms with van der Waals surface area (Å²) >= 11 is 6.91. The minimum absolute atomic E-state index is 0.326. The molecule has 0 aliphatic heterocycles. The Hall–Kier alpha value is -2.77. The topological polar surface area (TPSA) is 63.2 Å². The number of hydrogen-bond donors (Lipinski definition) is 2. The van der Waals surface area contributed by atoms with Gasteiger partial charge in [-0.05, 0) is 48.5 Å². The highest BCUT2D eigenvalue weighted by molar-refractivity contribution is 7.80. The van der Waals surface area contributed by atoms with E-state index in [2.05, 4.69) is 27.8 Å². The number of carbonyl (C=O) groups is 1. The van der Waals surface area contributed by atoms with E-state index in [-0.39, 0.29) is 5.97 Å². The van der Waals surface area contributed by atoms with E-state index in [1.165, 1.54) is 16.9 Å². The van der Waals surface area contributed by atoms with Gasteiger partial charge < -0.3 is 15.4 Å². The van der Waals surface area contributed by atoms with E-state index in [1.807, 2.05) is 36.4 Å². The summed E-state index contributed by atoms with van der Waals surface area (Å²) in [6, 6.07) is 15.9. The van der Waals surface area contributed by atoms with Gasteiger partial charge in [0.25, 0.3) is 0 Å². The first-order valence-electron chi connectivity index (χ1n) is 8.93. The third-order valence-corrected chi connectivity index (χ3v) is 5.23. The largest absolute Gasteiger partial charge is 0.462 e. The van der Waals surface area contributed by atoms with E-state index in [0.29, 0.717) is 28.8 Å². The molecule has 3 rings (SSSR count). The Morgan fingerprint density at radius 1 is 1.14 bits per heavy atom. The molecule has 2 N–H and O–H groups in total. The van der Waals surface area contributed by atoms with Crippen molar-refractivity contribution in [1.29, 1.82) is 0 Å². The van der Waals surface area contributed by atoms with Crippen LogP contribution in [0.25, 0.3) is 0 Å². The average molecular weight is 412 g/mol. The van der Waals surface area contributed by atoms with Gasteiger partial charge in [0.05, 0.1) is 12.2 Å². The van der Waals surface area contributed by atoms with Crippen molar-refractivity contribution in [1.82, 2.24) is 10.3 Å². The summed E-state index contributed by atoms with van der Waals surface area (Å²) < 4.78 is 5.20. The quantitative estimate of drug-likeness (QED) is 0.444. The number of ether oxygens (including phenoxy) is 1. The Morgan fingerprint density at radius 2 is 1.89 bits per heavy atom. The van der Waals surface area contributed by atoms with Crippen LogP contribution in [-0.4, -0.2) is 22.7 Å². The molecule has 0 bridgehead atoms. The number of thiophene rings is 1. The monoisotopic (exact) mass is 411 g/mol. The average Bonchev–Trinajstić information content (AvgIpc) is 3.10. The van der Waals surface area contributed by atoms with Crippen LogP contribution in [0.4, 0.5) is 5.00 Å². The van der Waals surface area contributed by atoms with E-state index >= 15 is 0 Å². The van der Waals surface area contributed by atoms with Gasteiger partial charge >= 0.3 is 5.97 Å². The van der Waals surface area contributed by atoms with Crippen molar-refractivity contribution < 1.29 is 9.53 Å². The van der Waals surface area contributed by atoms with Crippen LogP contribution in [0.3, 0.4) is 0 Å². The summed E-state index contributed by atoms with van der Waals surface area (Å²) in [5.41, 5.74) is 2.76. The molecule has 0 aliphatic rings. The van der Waals surface area contributed by atoms with Gasteiger partial charge in [-0.1, -0.05) is 30.3 Å². The van der Waals surface area contributed by atoms with Crippen molar-refractivity contribution in [2.75, 3.05) is 11.9 Å². The number of rotatable bonds is 7. The van der Waals surface area contributed by atoms with E-state index in [4.69, 9.17) is 17.0 Å². The number of carbonyl (C=O) groups excluding carboxylic acids is 1. The minimum atomic E-state index is -0.350. The zero-order valence-electron chi connectivity index (χ0n) is 15.5. The van der Waals surface area contributed by atoms with Crippen molar-refractivity contribution in [2.24, 2.45) is 0 Å². The molecular weight excluding hydrogens is 390 g/mol. The molecule has 1 aromatic carbocycles. The zero-order valence-corrected chi connectivity index (χ0v) is 17.1. The lowest BCUT2D eigenvalue weighted by molar-refractivity contribution is 0.0528. The standard InChI is InChI=1S/C21H21N3O2S2/c1-2-26-20(25)18-13-17(12-15-6-4-3-5-7-15)28-19(18)24-21(27)23-14-16-8-10-22-11-9-16/h3-11,13H,2,12,14H2,1H3,(H2,23,24,27). The van der Waals surface area contributed by atoms with Gasteiger partial charge in [0.15, 0.2) is 5.11 Å². The fourth-order valence-electron chi connectivity index (χ4n) is 2.61.